The molecule has 4 aromatic rings. The molecule has 1 amide bonds. The second-order valence-corrected chi connectivity index (χ2v) is 10.1. The maximum atomic E-state index is 14.0. The lowest BCUT2D eigenvalue weighted by Gasteiger charge is -2.24. The summed E-state index contributed by atoms with van der Waals surface area (Å²) in [5.41, 5.74) is 3.09. The zero-order chi connectivity index (χ0) is 28.6. The quantitative estimate of drug-likeness (QED) is 0.264. The Kier molecular flexibility index (Phi) is 9.17. The molecule has 1 heterocycles. The van der Waals surface area contributed by atoms with Gasteiger partial charge in [0, 0.05) is 11.8 Å². The first-order valence-corrected chi connectivity index (χ1v) is 13.3. The molecule has 1 aromatic heterocycles. The van der Waals surface area contributed by atoms with Gasteiger partial charge < -0.3 is 19.7 Å². The summed E-state index contributed by atoms with van der Waals surface area (Å²) in [5, 5.41) is 12.6. The van der Waals surface area contributed by atoms with E-state index in [1.165, 1.54) is 0 Å². The molecule has 0 spiro atoms. The number of amides is 1. The molecule has 3 aromatic carbocycles. The van der Waals surface area contributed by atoms with Gasteiger partial charge in [-0.3, -0.25) is 14.4 Å². The van der Waals surface area contributed by atoms with E-state index in [0.29, 0.717) is 29.0 Å². The number of nitrogens with zero attached hydrogens (tertiary/aromatic N) is 1. The monoisotopic (exact) mass is 538 g/mol. The second-order valence-electron chi connectivity index (χ2n) is 10.1. The maximum Gasteiger partial charge on any atom is 0.305 e. The van der Waals surface area contributed by atoms with Crippen LogP contribution in [0.25, 0.3) is 0 Å². The first-order chi connectivity index (χ1) is 19.2. The summed E-state index contributed by atoms with van der Waals surface area (Å²) in [5.74, 6) is -1.87. The van der Waals surface area contributed by atoms with Gasteiger partial charge in [-0.05, 0) is 61.2 Å². The summed E-state index contributed by atoms with van der Waals surface area (Å²) in [7, 11) is 0. The van der Waals surface area contributed by atoms with Crippen LogP contribution in [0.4, 0.5) is 0 Å². The van der Waals surface area contributed by atoms with Crippen LogP contribution >= 0.6 is 0 Å². The van der Waals surface area contributed by atoms with Crippen molar-refractivity contribution in [3.8, 4) is 5.75 Å². The van der Waals surface area contributed by atoms with E-state index in [2.05, 4.69) is 5.32 Å². The van der Waals surface area contributed by atoms with Crippen molar-refractivity contribution in [2.75, 3.05) is 0 Å². The van der Waals surface area contributed by atoms with E-state index in [1.54, 1.807) is 53.2 Å². The molecule has 2 atom stereocenters. The number of hydrogen-bond acceptors (Lipinski definition) is 4. The fourth-order valence-corrected chi connectivity index (χ4v) is 4.80. The molecule has 0 aliphatic heterocycles. The average molecular weight is 539 g/mol. The predicted octanol–water partition coefficient (Wildman–Crippen LogP) is 5.46. The van der Waals surface area contributed by atoms with Gasteiger partial charge in [0.15, 0.2) is 0 Å². The molecule has 0 bridgehead atoms. The lowest BCUT2D eigenvalue weighted by Crippen LogP contribution is -2.37. The molecule has 0 saturated heterocycles. The standard InChI is InChI=1S/C33H34N2O5/c1-22(2)40-27-16-10-15-26(18-27)29(19-30(36)37)34-32(38)31(25-13-8-5-9-14-25)28-17-23(3)20-35(33(28)39)21-24-11-6-4-7-12-24/h4-18,20,22,29,31H,19,21H2,1-3H3,(H,34,38)(H,36,37)/t29-,31?/m0/s1. The number of carboxylic acids is 1. The highest BCUT2D eigenvalue weighted by Crippen LogP contribution is 2.27. The Hall–Kier alpha value is -4.65. The van der Waals surface area contributed by atoms with E-state index >= 15 is 0 Å². The van der Waals surface area contributed by atoms with E-state index in [0.717, 1.165) is 11.1 Å². The molecule has 7 nitrogen and oxygen atoms in total. The van der Waals surface area contributed by atoms with Crippen molar-refractivity contribution in [2.24, 2.45) is 0 Å². The van der Waals surface area contributed by atoms with Gasteiger partial charge in [0.05, 0.1) is 31.0 Å². The molecule has 1 unspecified atom stereocenters. The fraction of sp³-hybridized carbons (Fsp3) is 0.242. The first kappa shape index (κ1) is 28.4. The highest BCUT2D eigenvalue weighted by molar-refractivity contribution is 5.88. The van der Waals surface area contributed by atoms with Gasteiger partial charge in [-0.2, -0.15) is 0 Å². The molecular weight excluding hydrogens is 504 g/mol. The Morgan fingerprint density at radius 3 is 2.20 bits per heavy atom. The largest absolute Gasteiger partial charge is 0.491 e. The molecule has 2 N–H and O–H groups in total. The zero-order valence-electron chi connectivity index (χ0n) is 22.9. The van der Waals surface area contributed by atoms with Crippen molar-refractivity contribution >= 4 is 11.9 Å². The Labute approximate surface area is 234 Å². The number of ether oxygens (including phenoxy) is 1. The summed E-state index contributed by atoms with van der Waals surface area (Å²) in [6, 6.07) is 26.7. The predicted molar refractivity (Wildman–Crippen MR) is 155 cm³/mol. The lowest BCUT2D eigenvalue weighted by molar-refractivity contribution is -0.137. The number of carbonyl (C=O) groups is 2. The number of carboxylic acid groups (broad SMARTS) is 1. The average Bonchev–Trinajstić information content (AvgIpc) is 2.92. The second kappa shape index (κ2) is 12.9. The number of rotatable bonds is 11. The van der Waals surface area contributed by atoms with E-state index < -0.39 is 23.8 Å². The number of aryl methyl sites for hydroxylation is 1. The molecule has 40 heavy (non-hydrogen) atoms. The third kappa shape index (κ3) is 7.26. The highest BCUT2D eigenvalue weighted by Gasteiger charge is 2.29. The van der Waals surface area contributed by atoms with E-state index in [4.69, 9.17) is 4.74 Å². The lowest BCUT2D eigenvalue weighted by atomic mass is 9.89. The molecule has 206 valence electrons. The summed E-state index contributed by atoms with van der Waals surface area (Å²) in [6.07, 6.45) is 1.39. The summed E-state index contributed by atoms with van der Waals surface area (Å²) < 4.78 is 7.40. The van der Waals surface area contributed by atoms with Crippen LogP contribution in [0, 0.1) is 6.92 Å². The fourth-order valence-electron chi connectivity index (χ4n) is 4.80. The maximum absolute atomic E-state index is 14.0. The zero-order valence-corrected chi connectivity index (χ0v) is 22.9. The van der Waals surface area contributed by atoms with E-state index in [1.807, 2.05) is 69.3 Å². The van der Waals surface area contributed by atoms with Gasteiger partial charge in [0.25, 0.3) is 5.56 Å². The van der Waals surface area contributed by atoms with Crippen molar-refractivity contribution in [2.45, 2.75) is 51.8 Å². The van der Waals surface area contributed by atoms with Crippen LogP contribution in [0.5, 0.6) is 5.75 Å². The summed E-state index contributed by atoms with van der Waals surface area (Å²) in [4.78, 5) is 39.6. The molecule has 7 heteroatoms. The molecular formula is C33H34N2O5. The minimum Gasteiger partial charge on any atom is -0.491 e. The molecule has 0 fully saturated rings. The van der Waals surface area contributed by atoms with Crippen molar-refractivity contribution in [3.63, 3.8) is 0 Å². The Balaban J connectivity index is 1.74. The number of pyridine rings is 1. The normalized spacial score (nSPS) is 12.5. The SMILES string of the molecule is Cc1cc(C(C(=O)N[C@@H](CC(=O)O)c2cccc(OC(C)C)c2)c2ccccc2)c(=O)n(Cc2ccccc2)c1. The van der Waals surface area contributed by atoms with Crippen LogP contribution in [-0.4, -0.2) is 27.7 Å². The minimum atomic E-state index is -1.06. The number of aromatic nitrogens is 1. The van der Waals surface area contributed by atoms with Gasteiger partial charge in [-0.1, -0.05) is 72.8 Å². The minimum absolute atomic E-state index is 0.0652. The van der Waals surface area contributed by atoms with Gasteiger partial charge in [-0.25, -0.2) is 0 Å². The Morgan fingerprint density at radius 2 is 1.55 bits per heavy atom. The van der Waals surface area contributed by atoms with Gasteiger partial charge in [-0.15, -0.1) is 0 Å². The van der Waals surface area contributed by atoms with Crippen LogP contribution in [0.2, 0.25) is 0 Å². The molecule has 0 saturated carbocycles. The number of aliphatic carboxylic acids is 1. The van der Waals surface area contributed by atoms with Crippen molar-refractivity contribution in [3.05, 3.63) is 135 Å². The Bertz CT molecular complexity index is 1510. The van der Waals surface area contributed by atoms with Crippen LogP contribution < -0.4 is 15.6 Å². The number of carbonyl (C=O) groups excluding carboxylic acids is 1. The van der Waals surface area contributed by atoms with Crippen LogP contribution in [-0.2, 0) is 16.1 Å². The smallest absolute Gasteiger partial charge is 0.305 e. The van der Waals surface area contributed by atoms with Gasteiger partial charge in [0.2, 0.25) is 5.91 Å². The highest BCUT2D eigenvalue weighted by atomic mass is 16.5. The molecule has 4 rings (SSSR count). The van der Waals surface area contributed by atoms with E-state index in [-0.39, 0.29) is 18.1 Å². The van der Waals surface area contributed by atoms with E-state index in [9.17, 15) is 19.5 Å². The summed E-state index contributed by atoms with van der Waals surface area (Å²) in [6.45, 7) is 6.06. The van der Waals surface area contributed by atoms with Crippen LogP contribution in [0.1, 0.15) is 60.0 Å². The summed E-state index contributed by atoms with van der Waals surface area (Å²) >= 11 is 0. The van der Waals surface area contributed by atoms with Gasteiger partial charge >= 0.3 is 5.97 Å². The third-order valence-electron chi connectivity index (χ3n) is 6.48. The van der Waals surface area contributed by atoms with Crippen molar-refractivity contribution < 1.29 is 19.4 Å². The van der Waals surface area contributed by atoms with Gasteiger partial charge in [0.1, 0.15) is 5.75 Å². The van der Waals surface area contributed by atoms with Crippen molar-refractivity contribution in [1.82, 2.24) is 9.88 Å². The Morgan fingerprint density at radius 1 is 0.900 bits per heavy atom. The van der Waals surface area contributed by atoms with Crippen LogP contribution in [0.15, 0.2) is 102 Å². The van der Waals surface area contributed by atoms with Crippen molar-refractivity contribution in [1.29, 1.82) is 0 Å². The molecule has 0 aliphatic carbocycles. The number of nitrogens with one attached hydrogen (secondary N) is 1. The molecule has 0 radical (unpaired) electrons. The van der Waals surface area contributed by atoms with Crippen LogP contribution in [0.3, 0.4) is 0 Å². The number of hydrogen-bond donors (Lipinski definition) is 2. The molecule has 0 aliphatic rings. The third-order valence-corrected chi connectivity index (χ3v) is 6.48. The first-order valence-electron chi connectivity index (χ1n) is 13.3. The topological polar surface area (TPSA) is 97.6 Å². The number of benzene rings is 3.